The number of fused-ring (bicyclic) bond motifs is 1. The van der Waals surface area contributed by atoms with E-state index in [4.69, 9.17) is 15.2 Å². The molecule has 2 rings (SSSR count). The molecule has 3 heteroatoms. The lowest BCUT2D eigenvalue weighted by atomic mass is 9.92. The summed E-state index contributed by atoms with van der Waals surface area (Å²) in [4.78, 5) is 0. The Hall–Kier alpha value is -1.22. The predicted molar refractivity (Wildman–Crippen MR) is 68.5 cm³/mol. The molecule has 1 aliphatic heterocycles. The van der Waals surface area contributed by atoms with E-state index >= 15 is 0 Å². The fourth-order valence-electron chi connectivity index (χ4n) is 2.32. The second-order valence-corrected chi connectivity index (χ2v) is 4.51. The van der Waals surface area contributed by atoms with Gasteiger partial charge in [0.15, 0.2) is 11.5 Å². The Balaban J connectivity index is 2.11. The van der Waals surface area contributed by atoms with Crippen LogP contribution in [0.4, 0.5) is 0 Å². The minimum Gasteiger partial charge on any atom is -0.454 e. The summed E-state index contributed by atoms with van der Waals surface area (Å²) in [5, 5.41) is 0. The van der Waals surface area contributed by atoms with Crippen molar-refractivity contribution in [2.45, 2.75) is 38.5 Å². The van der Waals surface area contributed by atoms with E-state index in [0.717, 1.165) is 17.9 Å². The molecule has 1 aromatic carbocycles. The average molecular weight is 235 g/mol. The smallest absolute Gasteiger partial charge is 0.231 e. The van der Waals surface area contributed by atoms with Crippen LogP contribution >= 0.6 is 0 Å². The van der Waals surface area contributed by atoms with Gasteiger partial charge in [-0.05, 0) is 24.9 Å². The Bertz CT molecular complexity index is 365. The van der Waals surface area contributed by atoms with Gasteiger partial charge in [-0.2, -0.15) is 0 Å². The van der Waals surface area contributed by atoms with Crippen LogP contribution in [0, 0.1) is 0 Å². The van der Waals surface area contributed by atoms with Crippen molar-refractivity contribution in [3.8, 4) is 11.5 Å². The largest absolute Gasteiger partial charge is 0.454 e. The predicted octanol–water partition coefficient (Wildman–Crippen LogP) is 3.04. The molecule has 3 nitrogen and oxygen atoms in total. The van der Waals surface area contributed by atoms with Gasteiger partial charge in [-0.25, -0.2) is 0 Å². The first-order valence-electron chi connectivity index (χ1n) is 6.45. The van der Waals surface area contributed by atoms with Crippen LogP contribution in [0.25, 0.3) is 0 Å². The molecule has 1 atom stereocenters. The summed E-state index contributed by atoms with van der Waals surface area (Å²) in [6.45, 7) is 3.22. The van der Waals surface area contributed by atoms with E-state index in [0.29, 0.717) is 19.3 Å². The molecule has 0 aliphatic carbocycles. The molecule has 1 heterocycles. The second-order valence-electron chi connectivity index (χ2n) is 4.51. The Kier molecular flexibility index (Phi) is 4.26. The number of nitrogens with two attached hydrogens (primary N) is 1. The van der Waals surface area contributed by atoms with Gasteiger partial charge in [0, 0.05) is 5.56 Å². The first-order valence-corrected chi connectivity index (χ1v) is 6.45. The maximum Gasteiger partial charge on any atom is 0.231 e. The fraction of sp³-hybridized carbons (Fsp3) is 0.571. The second kappa shape index (κ2) is 5.92. The van der Waals surface area contributed by atoms with Crippen molar-refractivity contribution < 1.29 is 9.47 Å². The van der Waals surface area contributed by atoms with Crippen LogP contribution in [-0.2, 0) is 0 Å². The molecule has 0 fully saturated rings. The molecule has 0 saturated heterocycles. The van der Waals surface area contributed by atoms with Crippen LogP contribution < -0.4 is 15.2 Å². The minimum absolute atomic E-state index is 0.332. The number of rotatable bonds is 6. The summed E-state index contributed by atoms with van der Waals surface area (Å²) in [6, 6.07) is 6.08. The van der Waals surface area contributed by atoms with Crippen LogP contribution in [0.15, 0.2) is 18.2 Å². The number of hydrogen-bond acceptors (Lipinski definition) is 3. The van der Waals surface area contributed by atoms with Crippen molar-refractivity contribution in [3.05, 3.63) is 23.8 Å². The molecular formula is C14H21NO2. The van der Waals surface area contributed by atoms with E-state index in [9.17, 15) is 0 Å². The Morgan fingerprint density at radius 2 is 2.18 bits per heavy atom. The average Bonchev–Trinajstić information content (AvgIpc) is 2.83. The maximum atomic E-state index is 5.88. The molecule has 1 aromatic rings. The summed E-state index contributed by atoms with van der Waals surface area (Å²) in [5.41, 5.74) is 7.09. The van der Waals surface area contributed by atoms with Gasteiger partial charge in [0.05, 0.1) is 0 Å². The standard InChI is InChI=1S/C14H21NO2/c1-2-3-4-6-11(9-15)12-7-5-8-13-14(12)17-10-16-13/h5,7-8,11H,2-4,6,9-10,15H2,1H3/t11-/m1/s1. The fourth-order valence-corrected chi connectivity index (χ4v) is 2.32. The number of hydrogen-bond donors (Lipinski definition) is 1. The number of unbranched alkanes of at least 4 members (excludes halogenated alkanes) is 2. The van der Waals surface area contributed by atoms with Gasteiger partial charge in [-0.15, -0.1) is 0 Å². The lowest BCUT2D eigenvalue weighted by molar-refractivity contribution is 0.173. The summed E-state index contributed by atoms with van der Waals surface area (Å²) >= 11 is 0. The summed E-state index contributed by atoms with van der Waals surface area (Å²) in [5.74, 6) is 2.15. The molecule has 0 amide bonds. The zero-order valence-electron chi connectivity index (χ0n) is 10.4. The van der Waals surface area contributed by atoms with Crippen molar-refractivity contribution in [2.75, 3.05) is 13.3 Å². The molecule has 2 N–H and O–H groups in total. The normalized spacial score (nSPS) is 14.9. The Morgan fingerprint density at radius 1 is 1.29 bits per heavy atom. The highest BCUT2D eigenvalue weighted by atomic mass is 16.7. The molecule has 0 bridgehead atoms. The quantitative estimate of drug-likeness (QED) is 0.771. The molecule has 1 aliphatic rings. The first-order chi connectivity index (χ1) is 8.36. The van der Waals surface area contributed by atoms with E-state index in [-0.39, 0.29) is 0 Å². The zero-order valence-corrected chi connectivity index (χ0v) is 10.4. The van der Waals surface area contributed by atoms with E-state index in [1.54, 1.807) is 0 Å². The van der Waals surface area contributed by atoms with Crippen LogP contribution in [0.2, 0.25) is 0 Å². The first kappa shape index (κ1) is 12.2. The van der Waals surface area contributed by atoms with Crippen molar-refractivity contribution in [3.63, 3.8) is 0 Å². The van der Waals surface area contributed by atoms with E-state index in [1.165, 1.54) is 24.8 Å². The van der Waals surface area contributed by atoms with Gasteiger partial charge in [-0.1, -0.05) is 38.3 Å². The van der Waals surface area contributed by atoms with Gasteiger partial charge in [0.1, 0.15) is 0 Å². The van der Waals surface area contributed by atoms with Crippen molar-refractivity contribution in [1.29, 1.82) is 0 Å². The lowest BCUT2D eigenvalue weighted by Crippen LogP contribution is -2.13. The zero-order chi connectivity index (χ0) is 12.1. The van der Waals surface area contributed by atoms with E-state index < -0.39 is 0 Å². The summed E-state index contributed by atoms with van der Waals surface area (Å²) < 4.78 is 10.9. The van der Waals surface area contributed by atoms with Crippen LogP contribution in [0.5, 0.6) is 11.5 Å². The van der Waals surface area contributed by atoms with Gasteiger partial charge in [-0.3, -0.25) is 0 Å². The number of ether oxygens (including phenoxy) is 2. The molecule has 0 aromatic heterocycles. The number of para-hydroxylation sites is 1. The molecule has 0 unspecified atom stereocenters. The third kappa shape index (κ3) is 2.72. The molecule has 0 spiro atoms. The van der Waals surface area contributed by atoms with Crippen molar-refractivity contribution >= 4 is 0 Å². The highest BCUT2D eigenvalue weighted by Crippen LogP contribution is 2.40. The molecule has 17 heavy (non-hydrogen) atoms. The SMILES string of the molecule is CCCCC[C@H](CN)c1cccc2c1OCO2. The third-order valence-corrected chi connectivity index (χ3v) is 3.31. The lowest BCUT2D eigenvalue weighted by Gasteiger charge is -2.16. The minimum atomic E-state index is 0.332. The van der Waals surface area contributed by atoms with E-state index in [2.05, 4.69) is 13.0 Å². The van der Waals surface area contributed by atoms with Crippen LogP contribution in [0.3, 0.4) is 0 Å². The summed E-state index contributed by atoms with van der Waals surface area (Å²) in [6.07, 6.45) is 4.86. The number of benzene rings is 1. The topological polar surface area (TPSA) is 44.5 Å². The summed E-state index contributed by atoms with van der Waals surface area (Å²) in [7, 11) is 0. The Labute approximate surface area is 103 Å². The molecule has 94 valence electrons. The highest BCUT2D eigenvalue weighted by Gasteiger charge is 2.22. The van der Waals surface area contributed by atoms with Gasteiger partial charge < -0.3 is 15.2 Å². The Morgan fingerprint density at radius 3 is 2.94 bits per heavy atom. The molecular weight excluding hydrogens is 214 g/mol. The van der Waals surface area contributed by atoms with Gasteiger partial charge >= 0.3 is 0 Å². The molecule has 0 saturated carbocycles. The van der Waals surface area contributed by atoms with Crippen LogP contribution in [-0.4, -0.2) is 13.3 Å². The van der Waals surface area contributed by atoms with Crippen molar-refractivity contribution in [2.24, 2.45) is 5.73 Å². The van der Waals surface area contributed by atoms with Gasteiger partial charge in [0.25, 0.3) is 0 Å². The van der Waals surface area contributed by atoms with Crippen LogP contribution in [0.1, 0.15) is 44.1 Å². The maximum absolute atomic E-state index is 5.88. The monoisotopic (exact) mass is 235 g/mol. The van der Waals surface area contributed by atoms with Crippen molar-refractivity contribution in [1.82, 2.24) is 0 Å². The third-order valence-electron chi connectivity index (χ3n) is 3.31. The van der Waals surface area contributed by atoms with Gasteiger partial charge in [0.2, 0.25) is 6.79 Å². The van der Waals surface area contributed by atoms with E-state index in [1.807, 2.05) is 12.1 Å². The highest BCUT2D eigenvalue weighted by molar-refractivity contribution is 5.49. The molecule has 0 radical (unpaired) electrons.